The van der Waals surface area contributed by atoms with E-state index in [0.29, 0.717) is 57.1 Å². The molecule has 35 nitrogen and oxygen atoms in total. The van der Waals surface area contributed by atoms with Gasteiger partial charge in [0, 0.05) is 96.6 Å². The molecule has 8 rings (SSSR count). The molecule has 11 unspecified atom stereocenters. The van der Waals surface area contributed by atoms with Crippen LogP contribution in [0, 0.1) is 11.8 Å². The number of carboxylic acid groups (broad SMARTS) is 1. The summed E-state index contributed by atoms with van der Waals surface area (Å²) in [6, 6.07) is 24.3. The van der Waals surface area contributed by atoms with E-state index in [-0.39, 0.29) is 83.5 Å². The van der Waals surface area contributed by atoms with E-state index in [1.54, 1.807) is 149 Å². The molecule has 702 valence electrons. The molecule has 1 saturated heterocycles. The molecule has 0 spiro atoms. The molecule has 1 aliphatic heterocycles. The quantitative estimate of drug-likeness (QED) is 0.0432. The third-order valence-corrected chi connectivity index (χ3v) is 24.4. The first-order valence-corrected chi connectivity index (χ1v) is 45.6. The van der Waals surface area contributed by atoms with Crippen molar-refractivity contribution in [1.29, 1.82) is 0 Å². The van der Waals surface area contributed by atoms with Gasteiger partial charge in [-0.15, -0.1) is 11.8 Å². The van der Waals surface area contributed by atoms with E-state index >= 15 is 38.4 Å². The standard InChI is InChI=1S/C93H116Br2N16O19S/c1-11-12-32-73-91(128)108(7)50-78(115)100-69(46-80(117)118)87(124)106-81(54(4)5)93(130)110(9)74(43-56-26-18-14-19-27-56)88(125)104-70(42-59-38-63(94)82(119)64(95)39-59)89(126)107(6)49-77(114)99-68(45-60-47-97-65-31-23-22-30-62(60)65)86(123)103-67(40-58-33-35-61(112)36-34-58)85(122)102-66(37-53(2)3)84(121)105-72(83(120)98-48-76(96)113)51-131-52-79(116)101-71(41-55-24-16-13-17-25-55)90(127)111(10)75(92(129)109(73)8)44-57-28-20-15-21-29-57/h13-31,33-36,38-39,47,53-54,66-75,81,97,112,119H,11-12,32,37,40-46,48-52H2,1-10H3,(H2,96,113)(H,98,120)(H,99,114)(H,100,115)(H,101,116)(H,102,122)(H,103,123)(H,104,125)(H,105,121)(H,106,124)(H,117,118). The number of fused-ring (bicyclic) bond motifs is 1. The van der Waals surface area contributed by atoms with Crippen molar-refractivity contribution in [2.24, 2.45) is 17.6 Å². The fraction of sp³-hybridized carbons (Fsp3) is 0.419. The number of aliphatic carboxylic acids is 1. The van der Waals surface area contributed by atoms with Crippen molar-refractivity contribution in [3.05, 3.63) is 200 Å². The monoisotopic (exact) mass is 1950 g/mol. The maximum absolute atomic E-state index is 15.5. The van der Waals surface area contributed by atoms with Crippen molar-refractivity contribution >= 4 is 149 Å². The first-order chi connectivity index (χ1) is 62.2. The van der Waals surface area contributed by atoms with Crippen molar-refractivity contribution in [1.82, 2.24) is 77.3 Å². The zero-order valence-corrected chi connectivity index (χ0v) is 78.7. The molecular formula is C93H116Br2N16O19S. The summed E-state index contributed by atoms with van der Waals surface area (Å²) in [6.07, 6.45) is -0.0298. The van der Waals surface area contributed by atoms with E-state index in [0.717, 1.165) is 26.5 Å². The number of aromatic amines is 1. The van der Waals surface area contributed by atoms with Crippen LogP contribution in [0.15, 0.2) is 167 Å². The number of para-hydroxylation sites is 1. The molecule has 131 heavy (non-hydrogen) atoms. The highest BCUT2D eigenvalue weighted by Crippen LogP contribution is 2.34. The Morgan fingerprint density at radius 3 is 1.52 bits per heavy atom. The Morgan fingerprint density at radius 1 is 0.489 bits per heavy atom. The van der Waals surface area contributed by atoms with Gasteiger partial charge in [-0.2, -0.15) is 0 Å². The van der Waals surface area contributed by atoms with Crippen LogP contribution >= 0.6 is 43.6 Å². The zero-order chi connectivity index (χ0) is 96.0. The molecule has 15 amide bonds. The van der Waals surface area contributed by atoms with Gasteiger partial charge in [0.05, 0.1) is 40.8 Å². The Morgan fingerprint density at radius 2 is 0.954 bits per heavy atom. The first-order valence-electron chi connectivity index (χ1n) is 42.9. The molecule has 0 saturated carbocycles. The zero-order valence-electron chi connectivity index (χ0n) is 74.7. The number of carbonyl (C=O) groups excluding carboxylic acids is 15. The molecule has 0 radical (unpaired) electrons. The second-order valence-electron chi connectivity index (χ2n) is 33.3. The number of thioether (sulfide) groups is 1. The molecule has 11 atom stereocenters. The summed E-state index contributed by atoms with van der Waals surface area (Å²) in [4.78, 5) is 244. The number of benzene rings is 6. The molecule has 0 bridgehead atoms. The minimum atomic E-state index is -1.92. The maximum atomic E-state index is 15.5. The van der Waals surface area contributed by atoms with Crippen LogP contribution in [0.1, 0.15) is 100 Å². The van der Waals surface area contributed by atoms with Crippen LogP contribution in [0.2, 0.25) is 0 Å². The maximum Gasteiger partial charge on any atom is 0.305 e. The number of hydrogen-bond acceptors (Lipinski definition) is 19. The smallest absolute Gasteiger partial charge is 0.305 e. The molecule has 2 heterocycles. The van der Waals surface area contributed by atoms with Gasteiger partial charge < -0.3 is 98.4 Å². The lowest BCUT2D eigenvalue weighted by atomic mass is 9.98. The number of likely N-dealkylation sites (N-methyl/N-ethyl adjacent to an activating group) is 5. The summed E-state index contributed by atoms with van der Waals surface area (Å²) in [7, 11) is 6.52. The predicted molar refractivity (Wildman–Crippen MR) is 497 cm³/mol. The summed E-state index contributed by atoms with van der Waals surface area (Å²) in [6.45, 7) is 6.13. The minimum Gasteiger partial charge on any atom is -0.508 e. The fourth-order valence-electron chi connectivity index (χ4n) is 15.1. The number of nitrogens with one attached hydrogen (secondary N) is 10. The Labute approximate surface area is 781 Å². The molecule has 15 N–H and O–H groups in total. The molecular weight excluding hydrogens is 1840 g/mol. The molecule has 0 aliphatic carbocycles. The van der Waals surface area contributed by atoms with E-state index in [1.807, 2.05) is 6.92 Å². The van der Waals surface area contributed by atoms with Crippen LogP contribution in [0.3, 0.4) is 0 Å². The largest absolute Gasteiger partial charge is 0.508 e. The number of nitrogens with zero attached hydrogens (tertiary/aromatic N) is 5. The fourth-order valence-corrected chi connectivity index (χ4v) is 17.2. The number of carbonyl (C=O) groups is 16. The second-order valence-corrected chi connectivity index (χ2v) is 36.0. The van der Waals surface area contributed by atoms with Gasteiger partial charge in [-0.05, 0) is 120 Å². The molecule has 1 fully saturated rings. The molecule has 38 heteroatoms. The Balaban J connectivity index is 1.22. The highest BCUT2D eigenvalue weighted by molar-refractivity contribution is 9.11. The number of unbranched alkanes of at least 4 members (excludes halogenated alkanes) is 1. The highest BCUT2D eigenvalue weighted by atomic mass is 79.9. The summed E-state index contributed by atoms with van der Waals surface area (Å²) in [5, 5.41) is 56.1. The van der Waals surface area contributed by atoms with Gasteiger partial charge >= 0.3 is 5.97 Å². The number of carboxylic acids is 1. The highest BCUT2D eigenvalue weighted by Gasteiger charge is 2.42. The van der Waals surface area contributed by atoms with Gasteiger partial charge in [0.1, 0.15) is 78.0 Å². The molecule has 1 aliphatic rings. The number of hydrogen-bond donors (Lipinski definition) is 14. The van der Waals surface area contributed by atoms with E-state index in [2.05, 4.69) is 84.7 Å². The van der Waals surface area contributed by atoms with Crippen LogP contribution in [0.25, 0.3) is 10.9 Å². The third-order valence-electron chi connectivity index (χ3n) is 22.2. The van der Waals surface area contributed by atoms with Gasteiger partial charge in [-0.1, -0.05) is 169 Å². The number of halogens is 2. The van der Waals surface area contributed by atoms with E-state index in [4.69, 9.17) is 5.73 Å². The van der Waals surface area contributed by atoms with Crippen molar-refractivity contribution in [2.75, 3.05) is 66.4 Å². The lowest BCUT2D eigenvalue weighted by molar-refractivity contribution is -0.151. The van der Waals surface area contributed by atoms with Crippen LogP contribution in [-0.2, 0) is 115 Å². The van der Waals surface area contributed by atoms with Crippen molar-refractivity contribution in [3.8, 4) is 11.5 Å². The summed E-state index contributed by atoms with van der Waals surface area (Å²) < 4.78 is 0.345. The number of aromatic nitrogens is 1. The Kier molecular flexibility index (Phi) is 39.5. The molecule has 7 aromatic rings. The molecule has 6 aromatic carbocycles. The summed E-state index contributed by atoms with van der Waals surface area (Å²) in [5.41, 5.74) is 9.02. The van der Waals surface area contributed by atoms with Crippen LogP contribution in [-0.4, -0.2) is 272 Å². The average molecular weight is 1950 g/mol. The van der Waals surface area contributed by atoms with E-state index in [1.165, 1.54) is 81.4 Å². The molecule has 1 aromatic heterocycles. The minimum absolute atomic E-state index is 0.0262. The normalized spacial score (nSPS) is 21.8. The summed E-state index contributed by atoms with van der Waals surface area (Å²) >= 11 is 7.51. The second kappa shape index (κ2) is 49.9. The average Bonchev–Trinajstić information content (AvgIpc) is 1.81. The first kappa shape index (κ1) is 104. The van der Waals surface area contributed by atoms with E-state index < -0.39 is 199 Å². The Bertz CT molecular complexity index is 5190. The van der Waals surface area contributed by atoms with Gasteiger partial charge in [-0.25, -0.2) is 0 Å². The summed E-state index contributed by atoms with van der Waals surface area (Å²) in [5.74, 6) is -17.7. The van der Waals surface area contributed by atoms with Gasteiger partial charge in [0.2, 0.25) is 88.6 Å². The van der Waals surface area contributed by atoms with Crippen LogP contribution in [0.4, 0.5) is 0 Å². The lowest BCUT2D eigenvalue weighted by Gasteiger charge is -2.37. The van der Waals surface area contributed by atoms with Crippen LogP contribution < -0.4 is 53.6 Å². The number of H-pyrrole nitrogens is 1. The van der Waals surface area contributed by atoms with Gasteiger partial charge in [0.15, 0.2) is 0 Å². The van der Waals surface area contributed by atoms with Crippen molar-refractivity contribution < 1.29 is 92.0 Å². The van der Waals surface area contributed by atoms with Crippen molar-refractivity contribution in [2.45, 2.75) is 172 Å². The van der Waals surface area contributed by atoms with Gasteiger partial charge in [-0.3, -0.25) is 76.7 Å². The predicted octanol–water partition coefficient (Wildman–Crippen LogP) is 3.85. The topological polar surface area (TPSA) is 500 Å². The Hall–Kier alpha value is -12.7. The van der Waals surface area contributed by atoms with Crippen molar-refractivity contribution in [3.63, 3.8) is 0 Å². The number of phenolic OH excluding ortho intramolecular Hbond substituents is 2. The number of amides is 15. The van der Waals surface area contributed by atoms with Crippen LogP contribution in [0.5, 0.6) is 11.5 Å². The van der Waals surface area contributed by atoms with Gasteiger partial charge in [0.25, 0.3) is 0 Å². The lowest BCUT2D eigenvalue weighted by Crippen LogP contribution is -2.61. The number of primary amides is 1. The number of phenols is 2. The number of aromatic hydroxyl groups is 2. The van der Waals surface area contributed by atoms with E-state index in [9.17, 15) is 53.7 Å². The third kappa shape index (κ3) is 31.0. The SMILES string of the molecule is CCCCC1C(=O)N(C)CC(=O)NC(CC(=O)O)C(=O)NC(C(C)C)C(=O)N(C)C(Cc2ccccc2)C(=O)NC(Cc2cc(Br)c(O)c(Br)c2)C(=O)N(C)CC(=O)NC(Cc2c[nH]c3ccccc23)C(=O)NC(Cc2ccc(O)cc2)C(=O)NC(CC(C)C)C(=O)NC(C(=O)NCC(N)=O)CSCC(=O)NC(Cc2ccccc2)C(=O)N(C)C(Cc2ccccc2)C(=O)N1C. The number of nitrogens with two attached hydrogens (primary N) is 1. The number of rotatable bonds is 23.